The Labute approximate surface area is 64.2 Å². The van der Waals surface area contributed by atoms with Crippen LogP contribution < -0.4 is 0 Å². The molecule has 8 heavy (non-hydrogen) atoms. The minimum Gasteiger partial charge on any atom is -0.300 e. The van der Waals surface area contributed by atoms with Crippen LogP contribution in [0.25, 0.3) is 0 Å². The molecule has 0 atom stereocenters. The van der Waals surface area contributed by atoms with Gasteiger partial charge in [0.25, 0.3) is 0 Å². The number of ketones is 1. The van der Waals surface area contributed by atoms with E-state index in [-0.39, 0.29) is 6.42 Å². The highest BCUT2D eigenvalue weighted by molar-refractivity contribution is 9.09. The van der Waals surface area contributed by atoms with Gasteiger partial charge in [0.1, 0.15) is 5.78 Å². The summed E-state index contributed by atoms with van der Waals surface area (Å²) >= 11 is 3.01. The van der Waals surface area contributed by atoms with Crippen molar-refractivity contribution in [2.24, 2.45) is 0 Å². The lowest BCUT2D eigenvalue weighted by molar-refractivity contribution is -0.117. The van der Waals surface area contributed by atoms with E-state index in [0.29, 0.717) is 5.33 Å². The summed E-state index contributed by atoms with van der Waals surface area (Å²) in [5.74, 6) is -0.770. The summed E-state index contributed by atoms with van der Waals surface area (Å²) in [7, 11) is 0. The summed E-state index contributed by atoms with van der Waals surface area (Å²) in [6.07, 6.45) is -4.50. The van der Waals surface area contributed by atoms with E-state index in [4.69, 9.17) is 5.48 Å². The molecule has 0 spiro atoms. The average molecular weight is 183 g/mol. The molecule has 0 N–H and O–H groups in total. The van der Waals surface area contributed by atoms with Gasteiger partial charge in [-0.3, -0.25) is 0 Å². The van der Waals surface area contributed by atoms with Crippen LogP contribution in [0, 0.1) is 0 Å². The fourth-order valence-electron chi connectivity index (χ4n) is 0.234. The van der Waals surface area contributed by atoms with Crippen molar-refractivity contribution in [3.63, 3.8) is 0 Å². The molecular weight excluding hydrogens is 168 g/mol. The van der Waals surface area contributed by atoms with E-state index >= 15 is 0 Å². The Balaban J connectivity index is 4.62. The predicted octanol–water partition coefficient (Wildman–Crippen LogP) is 2.14. The number of alkyl halides is 1. The lowest BCUT2D eigenvalue weighted by Crippen LogP contribution is -1.88. The van der Waals surface area contributed by atoms with Gasteiger partial charge in [0.05, 0.1) is 0 Å². The minimum atomic E-state index is -2.39. The zero-order chi connectivity index (χ0) is 9.99. The highest BCUT2D eigenvalue weighted by Gasteiger charge is 1.90. The number of halogens is 1. The van der Waals surface area contributed by atoms with E-state index in [1.54, 1.807) is 0 Å². The summed E-state index contributed by atoms with van der Waals surface area (Å²) in [6, 6.07) is 0. The zero-order valence-corrected chi connectivity index (χ0v) is 6.29. The molecule has 1 nitrogen and oxygen atoms in total. The van der Waals surface area contributed by atoms with Crippen molar-refractivity contribution in [2.45, 2.75) is 26.1 Å². The summed E-state index contributed by atoms with van der Waals surface area (Å²) in [5, 5.41) is 0.340. The lowest BCUT2D eigenvalue weighted by atomic mass is 10.2. The van der Waals surface area contributed by atoms with E-state index in [2.05, 4.69) is 15.9 Å². The first-order chi connectivity index (χ1) is 5.25. The Bertz CT molecular complexity index is 180. The third kappa shape index (κ3) is 6.15. The molecule has 0 saturated heterocycles. The number of hydrogen-bond donors (Lipinski definition) is 0. The molecule has 0 heterocycles. The van der Waals surface area contributed by atoms with E-state index in [0.717, 1.165) is 6.92 Å². The SMILES string of the molecule is [2H]C([2H])(CCBr)C([2H])([2H])C(C)=O. The normalized spacial score (nSPS) is 20.2. The van der Waals surface area contributed by atoms with Crippen LogP contribution >= 0.6 is 15.9 Å². The molecule has 0 rings (SSSR count). The zero-order valence-electron chi connectivity index (χ0n) is 8.70. The average Bonchev–Trinajstić information content (AvgIpc) is 1.86. The topological polar surface area (TPSA) is 17.1 Å². The van der Waals surface area contributed by atoms with Gasteiger partial charge in [-0.15, -0.1) is 0 Å². The quantitative estimate of drug-likeness (QED) is 0.610. The van der Waals surface area contributed by atoms with Gasteiger partial charge in [-0.1, -0.05) is 15.9 Å². The summed E-state index contributed by atoms with van der Waals surface area (Å²) < 4.78 is 29.0. The summed E-state index contributed by atoms with van der Waals surface area (Å²) in [4.78, 5) is 10.8. The molecule has 0 amide bonds. The number of carbonyl (C=O) groups excluding carboxylic acids is 1. The number of rotatable bonds is 4. The van der Waals surface area contributed by atoms with Crippen LogP contribution in [0.5, 0.6) is 0 Å². The van der Waals surface area contributed by atoms with Crippen LogP contribution in [0.4, 0.5) is 0 Å². The Kier molecular flexibility index (Phi) is 2.22. The highest BCUT2D eigenvalue weighted by Crippen LogP contribution is 1.97. The molecule has 0 aliphatic heterocycles. The molecule has 48 valence electrons. The third-order valence-electron chi connectivity index (χ3n) is 0.484. The van der Waals surface area contributed by atoms with Gasteiger partial charge >= 0.3 is 0 Å². The monoisotopic (exact) mass is 182 g/mol. The van der Waals surface area contributed by atoms with E-state index in [1.807, 2.05) is 0 Å². The van der Waals surface area contributed by atoms with Gasteiger partial charge in [-0.25, -0.2) is 0 Å². The van der Waals surface area contributed by atoms with Crippen LogP contribution in [0.1, 0.15) is 31.6 Å². The van der Waals surface area contributed by atoms with Gasteiger partial charge in [0.2, 0.25) is 0 Å². The van der Waals surface area contributed by atoms with Crippen molar-refractivity contribution in [3.05, 3.63) is 0 Å². The maximum Gasteiger partial charge on any atom is 0.129 e. The van der Waals surface area contributed by atoms with E-state index < -0.39 is 18.5 Å². The number of carbonyl (C=O) groups is 1. The van der Waals surface area contributed by atoms with Crippen molar-refractivity contribution in [2.75, 3.05) is 5.33 Å². The van der Waals surface area contributed by atoms with Crippen molar-refractivity contribution in [1.82, 2.24) is 0 Å². The third-order valence-corrected chi connectivity index (χ3v) is 0.880. The second-order valence-corrected chi connectivity index (χ2v) is 2.09. The maximum absolute atomic E-state index is 10.8. The highest BCUT2D eigenvalue weighted by atomic mass is 79.9. The molecule has 0 saturated carbocycles. The molecule has 0 aliphatic rings. The van der Waals surface area contributed by atoms with Gasteiger partial charge in [0, 0.05) is 17.2 Å². The minimum absolute atomic E-state index is 0.0143. The molecule has 0 unspecified atom stereocenters. The molecular formula is C6H11BrO. The van der Waals surface area contributed by atoms with Crippen molar-refractivity contribution < 1.29 is 10.3 Å². The Morgan fingerprint density at radius 2 is 2.50 bits per heavy atom. The number of Topliss-reactive ketones (excluding diaryl/α,β-unsaturated/α-hetero) is 1. The second kappa shape index (κ2) is 5.29. The van der Waals surface area contributed by atoms with Gasteiger partial charge in [-0.05, 0) is 19.7 Å². The number of hydrogen-bond acceptors (Lipinski definition) is 1. The largest absolute Gasteiger partial charge is 0.300 e. The van der Waals surface area contributed by atoms with Crippen LogP contribution in [0.2, 0.25) is 0 Å². The van der Waals surface area contributed by atoms with Crippen molar-refractivity contribution in [1.29, 1.82) is 0 Å². The predicted molar refractivity (Wildman–Crippen MR) is 38.3 cm³/mol. The second-order valence-electron chi connectivity index (χ2n) is 1.30. The fraction of sp³-hybridized carbons (Fsp3) is 0.833. The molecule has 0 radical (unpaired) electrons. The fourth-order valence-corrected chi connectivity index (χ4v) is 0.432. The van der Waals surface area contributed by atoms with Crippen LogP contribution in [-0.2, 0) is 4.79 Å². The lowest BCUT2D eigenvalue weighted by Gasteiger charge is -1.89. The summed E-state index contributed by atoms with van der Waals surface area (Å²) in [6.45, 7) is 1.06. The molecule has 0 aromatic heterocycles. The first kappa shape index (κ1) is 3.35. The molecule has 0 aromatic rings. The molecule has 0 bridgehead atoms. The first-order valence-corrected chi connectivity index (χ1v) is 3.45. The van der Waals surface area contributed by atoms with Gasteiger partial charge in [-0.2, -0.15) is 0 Å². The first-order valence-electron chi connectivity index (χ1n) is 4.32. The van der Waals surface area contributed by atoms with Crippen LogP contribution in [-0.4, -0.2) is 11.1 Å². The smallest absolute Gasteiger partial charge is 0.129 e. The van der Waals surface area contributed by atoms with E-state index in [9.17, 15) is 4.79 Å². The Morgan fingerprint density at radius 1 is 1.88 bits per heavy atom. The van der Waals surface area contributed by atoms with E-state index in [1.165, 1.54) is 0 Å². The summed E-state index contributed by atoms with van der Waals surface area (Å²) in [5.41, 5.74) is 0. The molecule has 2 heteroatoms. The molecule has 0 fully saturated rings. The van der Waals surface area contributed by atoms with Gasteiger partial charge in [0.15, 0.2) is 0 Å². The Morgan fingerprint density at radius 3 is 2.88 bits per heavy atom. The van der Waals surface area contributed by atoms with Crippen molar-refractivity contribution >= 4 is 21.7 Å². The molecule has 0 aromatic carbocycles. The maximum atomic E-state index is 10.8. The molecule has 0 aliphatic carbocycles. The van der Waals surface area contributed by atoms with Crippen molar-refractivity contribution in [3.8, 4) is 0 Å². The standard InChI is InChI=1S/C6H11BrO/c1-6(8)4-2-3-5-7/h2-5H2,1H3/i2D2,4D2. The van der Waals surface area contributed by atoms with Crippen LogP contribution in [0.3, 0.4) is 0 Å². The Hall–Kier alpha value is 0.150. The van der Waals surface area contributed by atoms with Crippen LogP contribution in [0.15, 0.2) is 0 Å². The van der Waals surface area contributed by atoms with Gasteiger partial charge < -0.3 is 4.79 Å².